The standard InChI is InChI=1S/C29H29N5O5S.C2HF3O2/c1-32(40(3,37)38)18-20-6-4-5-7-24(20)19-8-10-21(11-9-19)33-17-16-25-26(28(30)35)31-34(27(25)29(33)36)22-12-14-23(39-2)15-13-22;3-2(4,5)1(6)7/h4-15H,16-18H2,1-3H3,(H2,30,35);(H,6,7). The van der Waals surface area contributed by atoms with Crippen LogP contribution in [-0.4, -0.2) is 78.5 Å². The van der Waals surface area contributed by atoms with Gasteiger partial charge in [-0.1, -0.05) is 36.4 Å². The van der Waals surface area contributed by atoms with Gasteiger partial charge in [0.2, 0.25) is 10.0 Å². The Balaban J connectivity index is 0.000000644. The van der Waals surface area contributed by atoms with Gasteiger partial charge in [-0.2, -0.15) is 18.3 Å². The van der Waals surface area contributed by atoms with Crippen LogP contribution >= 0.6 is 0 Å². The number of aromatic nitrogens is 2. The van der Waals surface area contributed by atoms with Gasteiger partial charge in [0.15, 0.2) is 5.69 Å². The number of benzene rings is 3. The minimum Gasteiger partial charge on any atom is -0.497 e. The van der Waals surface area contributed by atoms with Crippen LogP contribution in [0.3, 0.4) is 0 Å². The second-order valence-corrected chi connectivity index (χ2v) is 12.5. The topological polar surface area (TPSA) is 165 Å². The van der Waals surface area contributed by atoms with Gasteiger partial charge in [0.1, 0.15) is 11.4 Å². The van der Waals surface area contributed by atoms with Crippen molar-refractivity contribution in [3.63, 3.8) is 0 Å². The number of amides is 2. The molecule has 1 aliphatic rings. The minimum absolute atomic E-state index is 0.0878. The molecule has 16 heteroatoms. The number of hydrogen-bond donors (Lipinski definition) is 2. The van der Waals surface area contributed by atoms with Gasteiger partial charge < -0.3 is 20.5 Å². The zero-order chi connectivity index (χ0) is 34.7. The molecule has 12 nitrogen and oxygen atoms in total. The minimum atomic E-state index is -5.08. The summed E-state index contributed by atoms with van der Waals surface area (Å²) >= 11 is 0. The molecule has 0 fully saturated rings. The Morgan fingerprint density at radius 3 is 2.13 bits per heavy atom. The highest BCUT2D eigenvalue weighted by Crippen LogP contribution is 2.32. The van der Waals surface area contributed by atoms with Crippen molar-refractivity contribution in [1.29, 1.82) is 0 Å². The summed E-state index contributed by atoms with van der Waals surface area (Å²) in [4.78, 5) is 36.5. The highest BCUT2D eigenvalue weighted by atomic mass is 32.2. The quantitative estimate of drug-likeness (QED) is 0.285. The summed E-state index contributed by atoms with van der Waals surface area (Å²) in [5.74, 6) is -3.08. The van der Waals surface area contributed by atoms with Gasteiger partial charge in [-0.25, -0.2) is 22.2 Å². The molecule has 3 N–H and O–H groups in total. The Morgan fingerprint density at radius 1 is 1.02 bits per heavy atom. The van der Waals surface area contributed by atoms with E-state index < -0.39 is 28.1 Å². The van der Waals surface area contributed by atoms with Crippen LogP contribution in [0.4, 0.5) is 18.9 Å². The monoisotopic (exact) mass is 673 g/mol. The van der Waals surface area contributed by atoms with E-state index in [1.165, 1.54) is 15.2 Å². The van der Waals surface area contributed by atoms with Crippen LogP contribution in [0.1, 0.15) is 32.1 Å². The molecular weight excluding hydrogens is 643 g/mol. The number of ether oxygens (including phenoxy) is 1. The summed E-state index contributed by atoms with van der Waals surface area (Å²) in [5, 5.41) is 11.5. The molecule has 0 spiro atoms. The van der Waals surface area contributed by atoms with E-state index in [0.717, 1.165) is 16.7 Å². The Hall–Kier alpha value is -5.22. The maximum absolute atomic E-state index is 13.8. The Morgan fingerprint density at radius 2 is 1.60 bits per heavy atom. The number of hydrogen-bond acceptors (Lipinski definition) is 7. The van der Waals surface area contributed by atoms with Gasteiger partial charge in [-0.15, -0.1) is 0 Å². The molecule has 2 amide bonds. The molecule has 0 bridgehead atoms. The van der Waals surface area contributed by atoms with Gasteiger partial charge >= 0.3 is 12.1 Å². The Kier molecular flexibility index (Phi) is 10.1. The van der Waals surface area contributed by atoms with E-state index in [1.807, 2.05) is 48.5 Å². The predicted octanol–water partition coefficient (Wildman–Crippen LogP) is 3.87. The van der Waals surface area contributed by atoms with Crippen molar-refractivity contribution in [2.24, 2.45) is 5.73 Å². The number of anilines is 1. The highest BCUT2D eigenvalue weighted by Gasteiger charge is 2.38. The highest BCUT2D eigenvalue weighted by molar-refractivity contribution is 7.88. The lowest BCUT2D eigenvalue weighted by atomic mass is 9.98. The third-order valence-electron chi connectivity index (χ3n) is 7.28. The van der Waals surface area contributed by atoms with Crippen LogP contribution in [-0.2, 0) is 27.8 Å². The molecule has 0 atom stereocenters. The lowest BCUT2D eigenvalue weighted by Gasteiger charge is -2.28. The van der Waals surface area contributed by atoms with E-state index in [9.17, 15) is 31.2 Å². The normalized spacial score (nSPS) is 13.1. The van der Waals surface area contributed by atoms with Crippen LogP contribution in [0.2, 0.25) is 0 Å². The van der Waals surface area contributed by atoms with Crippen LogP contribution in [0.25, 0.3) is 16.8 Å². The number of fused-ring (bicyclic) bond motifs is 1. The van der Waals surface area contributed by atoms with E-state index in [1.54, 1.807) is 43.3 Å². The number of nitrogens with two attached hydrogens (primary N) is 1. The van der Waals surface area contributed by atoms with Crippen LogP contribution in [0.5, 0.6) is 5.75 Å². The fourth-order valence-corrected chi connectivity index (χ4v) is 5.21. The summed E-state index contributed by atoms with van der Waals surface area (Å²) < 4.78 is 63.6. The van der Waals surface area contributed by atoms with Crippen molar-refractivity contribution < 1.29 is 45.8 Å². The molecule has 1 aromatic heterocycles. The number of alkyl halides is 3. The SMILES string of the molecule is COc1ccc(-n2nc(C(N)=O)c3c2C(=O)N(c2ccc(-c4ccccc4CN(C)S(C)(=O)=O)cc2)CC3)cc1.O=C(O)C(F)(F)F. The fourth-order valence-electron chi connectivity index (χ4n) is 4.83. The first-order valence-electron chi connectivity index (χ1n) is 13.8. The maximum Gasteiger partial charge on any atom is 0.490 e. The molecule has 0 saturated heterocycles. The van der Waals surface area contributed by atoms with Gasteiger partial charge in [0.05, 0.1) is 19.1 Å². The molecule has 248 valence electrons. The van der Waals surface area contributed by atoms with Crippen molar-refractivity contribution in [3.05, 3.63) is 95.3 Å². The summed E-state index contributed by atoms with van der Waals surface area (Å²) in [5.41, 5.74) is 10.5. The summed E-state index contributed by atoms with van der Waals surface area (Å²) in [7, 11) is -0.224. The second-order valence-electron chi connectivity index (χ2n) is 10.4. The molecule has 0 unspecified atom stereocenters. The third kappa shape index (κ3) is 7.78. The number of carboxylic acids is 1. The average molecular weight is 674 g/mol. The van der Waals surface area contributed by atoms with E-state index in [-0.39, 0.29) is 18.1 Å². The van der Waals surface area contributed by atoms with Gasteiger partial charge in [0, 0.05) is 31.4 Å². The smallest absolute Gasteiger partial charge is 0.490 e. The number of carboxylic acid groups (broad SMARTS) is 1. The van der Waals surface area contributed by atoms with Gasteiger partial charge in [-0.3, -0.25) is 9.59 Å². The summed E-state index contributed by atoms with van der Waals surface area (Å²) in [6.45, 7) is 0.594. The van der Waals surface area contributed by atoms with Crippen molar-refractivity contribution in [1.82, 2.24) is 14.1 Å². The lowest BCUT2D eigenvalue weighted by molar-refractivity contribution is -0.192. The number of carbonyl (C=O) groups is 3. The number of methoxy groups -OCH3 is 1. The molecule has 5 rings (SSSR count). The largest absolute Gasteiger partial charge is 0.497 e. The summed E-state index contributed by atoms with van der Waals surface area (Å²) in [6.07, 6.45) is -3.49. The molecule has 0 saturated carbocycles. The van der Waals surface area contributed by atoms with Crippen molar-refractivity contribution in [2.75, 3.05) is 31.9 Å². The molecule has 1 aliphatic heterocycles. The number of rotatable bonds is 8. The zero-order valence-electron chi connectivity index (χ0n) is 25.4. The van der Waals surface area contributed by atoms with Crippen molar-refractivity contribution in [2.45, 2.75) is 19.1 Å². The predicted molar refractivity (Wildman–Crippen MR) is 166 cm³/mol. The fraction of sp³-hybridized carbons (Fsp3) is 0.226. The van der Waals surface area contributed by atoms with Crippen molar-refractivity contribution >= 4 is 33.5 Å². The number of sulfonamides is 1. The van der Waals surface area contributed by atoms with Crippen LogP contribution in [0.15, 0.2) is 72.8 Å². The van der Waals surface area contributed by atoms with Crippen LogP contribution < -0.4 is 15.4 Å². The maximum atomic E-state index is 13.8. The first-order valence-corrected chi connectivity index (χ1v) is 15.7. The van der Waals surface area contributed by atoms with E-state index in [4.69, 9.17) is 20.4 Å². The van der Waals surface area contributed by atoms with E-state index >= 15 is 0 Å². The Bertz CT molecular complexity index is 1910. The second kappa shape index (κ2) is 13.6. The van der Waals surface area contributed by atoms with Gasteiger partial charge in [0.25, 0.3) is 11.8 Å². The van der Waals surface area contributed by atoms with Crippen molar-refractivity contribution in [3.8, 4) is 22.6 Å². The number of primary amides is 1. The molecule has 47 heavy (non-hydrogen) atoms. The molecule has 0 aliphatic carbocycles. The molecule has 3 aromatic carbocycles. The summed E-state index contributed by atoms with van der Waals surface area (Å²) in [6, 6.07) is 22.2. The number of carbonyl (C=O) groups excluding carboxylic acids is 2. The molecule has 2 heterocycles. The molecule has 4 aromatic rings. The lowest BCUT2D eigenvalue weighted by Crippen LogP contribution is -2.39. The third-order valence-corrected chi connectivity index (χ3v) is 8.54. The average Bonchev–Trinajstić information content (AvgIpc) is 3.42. The first-order chi connectivity index (χ1) is 22.0. The van der Waals surface area contributed by atoms with E-state index in [0.29, 0.717) is 41.3 Å². The molecular formula is C31H30F3N5O7S. The number of halogens is 3. The van der Waals surface area contributed by atoms with Crippen LogP contribution in [0, 0.1) is 0 Å². The first kappa shape index (κ1) is 34.6. The Labute approximate surface area is 267 Å². The number of nitrogens with zero attached hydrogens (tertiary/aromatic N) is 4. The van der Waals surface area contributed by atoms with Gasteiger partial charge in [-0.05, 0) is 59.5 Å². The molecule has 0 radical (unpaired) electrons. The van der Waals surface area contributed by atoms with E-state index in [2.05, 4.69) is 5.10 Å². The zero-order valence-corrected chi connectivity index (χ0v) is 26.2. The number of aliphatic carboxylic acids is 1.